The van der Waals surface area contributed by atoms with Gasteiger partial charge in [0.25, 0.3) is 5.91 Å². The summed E-state index contributed by atoms with van der Waals surface area (Å²) >= 11 is 0. The highest BCUT2D eigenvalue weighted by atomic mass is 19.1. The fraction of sp³-hybridized carbons (Fsp3) is 0.304. The molecule has 28 heavy (non-hydrogen) atoms. The summed E-state index contributed by atoms with van der Waals surface area (Å²) in [5.74, 6) is 0.865. The average Bonchev–Trinajstić information content (AvgIpc) is 3.10. The molecule has 4 nitrogen and oxygen atoms in total. The highest BCUT2D eigenvalue weighted by Crippen LogP contribution is 2.30. The van der Waals surface area contributed by atoms with E-state index >= 15 is 0 Å². The van der Waals surface area contributed by atoms with Gasteiger partial charge >= 0.3 is 0 Å². The van der Waals surface area contributed by atoms with Crippen LogP contribution in [0.5, 0.6) is 0 Å². The van der Waals surface area contributed by atoms with E-state index in [0.717, 1.165) is 42.0 Å². The first-order chi connectivity index (χ1) is 13.4. The second-order valence-electron chi connectivity index (χ2n) is 7.69. The summed E-state index contributed by atoms with van der Waals surface area (Å²) in [4.78, 5) is 17.2. The van der Waals surface area contributed by atoms with Crippen LogP contribution in [-0.4, -0.2) is 15.5 Å². The Kier molecular flexibility index (Phi) is 4.75. The van der Waals surface area contributed by atoms with E-state index < -0.39 is 0 Å². The van der Waals surface area contributed by atoms with Gasteiger partial charge in [0.2, 0.25) is 0 Å². The predicted molar refractivity (Wildman–Crippen MR) is 108 cm³/mol. The molecule has 1 aromatic heterocycles. The molecule has 3 aromatic rings. The quantitative estimate of drug-likeness (QED) is 0.703. The number of imidazole rings is 1. The van der Waals surface area contributed by atoms with E-state index in [4.69, 9.17) is 0 Å². The lowest BCUT2D eigenvalue weighted by atomic mass is 9.90. The maximum absolute atomic E-state index is 13.6. The van der Waals surface area contributed by atoms with Crippen LogP contribution in [0, 0.1) is 26.6 Å². The second kappa shape index (κ2) is 7.23. The van der Waals surface area contributed by atoms with Crippen LogP contribution in [-0.2, 0) is 13.0 Å². The molecule has 5 heteroatoms. The third-order valence-corrected chi connectivity index (χ3v) is 5.64. The number of hydrogen-bond donors (Lipinski definition) is 1. The van der Waals surface area contributed by atoms with E-state index in [1.165, 1.54) is 11.6 Å². The molecular formula is C23H24FN3O. The first-order valence-corrected chi connectivity index (χ1v) is 9.61. The van der Waals surface area contributed by atoms with Crippen molar-refractivity contribution in [2.45, 2.75) is 46.1 Å². The van der Waals surface area contributed by atoms with Crippen LogP contribution in [0.4, 0.5) is 10.1 Å². The van der Waals surface area contributed by atoms with E-state index in [9.17, 15) is 9.18 Å². The maximum atomic E-state index is 13.6. The lowest BCUT2D eigenvalue weighted by molar-refractivity contribution is 0.102. The van der Waals surface area contributed by atoms with Crippen molar-refractivity contribution in [3.63, 3.8) is 0 Å². The summed E-state index contributed by atoms with van der Waals surface area (Å²) in [6, 6.07) is 11.2. The number of carbonyl (C=O) groups is 1. The fourth-order valence-electron chi connectivity index (χ4n) is 3.76. The van der Waals surface area contributed by atoms with Gasteiger partial charge in [0.05, 0.1) is 0 Å². The van der Waals surface area contributed by atoms with Crippen molar-refractivity contribution in [3.8, 4) is 0 Å². The Bertz CT molecular complexity index is 1050. The first kappa shape index (κ1) is 18.4. The minimum Gasteiger partial charge on any atom is -0.333 e. The fourth-order valence-corrected chi connectivity index (χ4v) is 3.76. The van der Waals surface area contributed by atoms with E-state index in [-0.39, 0.29) is 11.7 Å². The summed E-state index contributed by atoms with van der Waals surface area (Å²) in [6.07, 6.45) is 3.58. The van der Waals surface area contributed by atoms with Crippen molar-refractivity contribution in [1.82, 2.24) is 9.55 Å². The van der Waals surface area contributed by atoms with Crippen molar-refractivity contribution in [2.75, 3.05) is 5.32 Å². The number of nitrogens with zero attached hydrogens (tertiary/aromatic N) is 2. The van der Waals surface area contributed by atoms with E-state index in [2.05, 4.69) is 14.9 Å². The predicted octanol–water partition coefficient (Wildman–Crippen LogP) is 4.93. The molecule has 1 atom stereocenters. The van der Waals surface area contributed by atoms with Crippen molar-refractivity contribution in [2.24, 2.45) is 0 Å². The number of fused-ring (bicyclic) bond motifs is 1. The van der Waals surface area contributed by atoms with E-state index in [1.54, 1.807) is 6.92 Å². The zero-order valence-electron chi connectivity index (χ0n) is 16.4. The molecule has 0 radical (unpaired) electrons. The molecular weight excluding hydrogens is 353 g/mol. The highest BCUT2D eigenvalue weighted by Gasteiger charge is 2.24. The molecule has 1 amide bonds. The van der Waals surface area contributed by atoms with Crippen LogP contribution in [0.15, 0.2) is 42.6 Å². The van der Waals surface area contributed by atoms with Gasteiger partial charge in [-0.2, -0.15) is 0 Å². The topological polar surface area (TPSA) is 46.9 Å². The van der Waals surface area contributed by atoms with Crippen molar-refractivity contribution < 1.29 is 9.18 Å². The van der Waals surface area contributed by atoms with Crippen LogP contribution < -0.4 is 5.32 Å². The Hall–Kier alpha value is -2.95. The average molecular weight is 377 g/mol. The van der Waals surface area contributed by atoms with Gasteiger partial charge in [-0.1, -0.05) is 18.2 Å². The van der Waals surface area contributed by atoms with E-state index in [0.29, 0.717) is 17.2 Å². The third kappa shape index (κ3) is 3.57. The molecule has 0 fully saturated rings. The Morgan fingerprint density at radius 1 is 1.11 bits per heavy atom. The molecule has 1 aliphatic heterocycles. The standard InChI is InChI=1S/C23H24FN3O/c1-14-4-7-19(11-15(14)2)25-23(28)21-13-27-12-18(6-9-22(27)26-21)17-5-8-20(24)16(3)10-17/h4-5,7-8,10-11,13,18H,6,9,12H2,1-3H3,(H,25,28). The van der Waals surface area contributed by atoms with Crippen LogP contribution in [0.3, 0.4) is 0 Å². The number of anilines is 1. The van der Waals surface area contributed by atoms with Crippen molar-refractivity contribution in [1.29, 1.82) is 0 Å². The molecule has 0 saturated carbocycles. The zero-order valence-corrected chi connectivity index (χ0v) is 16.4. The van der Waals surface area contributed by atoms with Gasteiger partial charge in [-0.05, 0) is 67.6 Å². The van der Waals surface area contributed by atoms with Gasteiger partial charge in [0, 0.05) is 30.8 Å². The summed E-state index contributed by atoms with van der Waals surface area (Å²) in [7, 11) is 0. The molecule has 1 unspecified atom stereocenters. The molecule has 4 rings (SSSR count). The minimum atomic E-state index is -0.195. The number of halogens is 1. The summed E-state index contributed by atoms with van der Waals surface area (Å²) in [5.41, 5.74) is 5.35. The molecule has 2 heterocycles. The van der Waals surface area contributed by atoms with Gasteiger partial charge in [0.1, 0.15) is 17.3 Å². The van der Waals surface area contributed by atoms with Crippen molar-refractivity contribution in [3.05, 3.63) is 82.2 Å². The number of nitrogens with one attached hydrogen (secondary N) is 1. The summed E-state index contributed by atoms with van der Waals surface area (Å²) in [6.45, 7) is 6.62. The Labute approximate surface area is 164 Å². The minimum absolute atomic E-state index is 0.173. The lowest BCUT2D eigenvalue weighted by Crippen LogP contribution is -2.18. The van der Waals surface area contributed by atoms with Gasteiger partial charge < -0.3 is 9.88 Å². The highest BCUT2D eigenvalue weighted by molar-refractivity contribution is 6.02. The molecule has 1 aliphatic rings. The number of benzene rings is 2. The van der Waals surface area contributed by atoms with Gasteiger partial charge in [-0.25, -0.2) is 9.37 Å². The van der Waals surface area contributed by atoms with E-state index in [1.807, 2.05) is 50.4 Å². The second-order valence-corrected chi connectivity index (χ2v) is 7.69. The Morgan fingerprint density at radius 2 is 1.93 bits per heavy atom. The smallest absolute Gasteiger partial charge is 0.275 e. The van der Waals surface area contributed by atoms with Crippen LogP contribution in [0.1, 0.15) is 50.9 Å². The summed E-state index contributed by atoms with van der Waals surface area (Å²) in [5, 5.41) is 2.94. The van der Waals surface area contributed by atoms with Crippen LogP contribution >= 0.6 is 0 Å². The number of hydrogen-bond acceptors (Lipinski definition) is 2. The Morgan fingerprint density at radius 3 is 2.68 bits per heavy atom. The maximum Gasteiger partial charge on any atom is 0.275 e. The SMILES string of the molecule is Cc1ccc(NC(=O)c2cn3c(n2)CCC(c2ccc(F)c(C)c2)C3)cc1C. The Balaban J connectivity index is 1.51. The van der Waals surface area contributed by atoms with Crippen LogP contribution in [0.2, 0.25) is 0 Å². The molecule has 0 saturated heterocycles. The lowest BCUT2D eigenvalue weighted by Gasteiger charge is -2.24. The number of amides is 1. The van der Waals surface area contributed by atoms with Gasteiger partial charge in [0.15, 0.2) is 0 Å². The number of rotatable bonds is 3. The van der Waals surface area contributed by atoms with Crippen LogP contribution in [0.25, 0.3) is 0 Å². The monoisotopic (exact) mass is 377 g/mol. The molecule has 1 N–H and O–H groups in total. The third-order valence-electron chi connectivity index (χ3n) is 5.64. The first-order valence-electron chi connectivity index (χ1n) is 9.61. The molecule has 0 bridgehead atoms. The molecule has 2 aromatic carbocycles. The molecule has 144 valence electrons. The normalized spacial score (nSPS) is 15.9. The van der Waals surface area contributed by atoms with Gasteiger partial charge in [-0.15, -0.1) is 0 Å². The van der Waals surface area contributed by atoms with Gasteiger partial charge in [-0.3, -0.25) is 4.79 Å². The number of carbonyl (C=O) groups excluding carboxylic acids is 1. The molecule has 0 aliphatic carbocycles. The summed E-state index contributed by atoms with van der Waals surface area (Å²) < 4.78 is 15.6. The molecule has 0 spiro atoms. The zero-order chi connectivity index (χ0) is 19.8. The number of aromatic nitrogens is 2. The largest absolute Gasteiger partial charge is 0.333 e. The van der Waals surface area contributed by atoms with Crippen molar-refractivity contribution >= 4 is 11.6 Å². The number of aryl methyl sites for hydroxylation is 4.